The molecule has 0 spiro atoms. The SMILES string of the molecule is CN(C)C(=O)N(C1CCCC1)C1CC1. The second-order valence-corrected chi connectivity index (χ2v) is 4.75. The van der Waals surface area contributed by atoms with Crippen LogP contribution in [0, 0.1) is 0 Å². The Kier molecular flexibility index (Phi) is 2.66. The molecule has 2 amide bonds. The zero-order chi connectivity index (χ0) is 10.1. The summed E-state index contributed by atoms with van der Waals surface area (Å²) < 4.78 is 0. The molecule has 0 atom stereocenters. The van der Waals surface area contributed by atoms with Crippen LogP contribution < -0.4 is 0 Å². The van der Waals surface area contributed by atoms with E-state index in [0.717, 1.165) is 0 Å². The molecule has 2 aliphatic rings. The van der Waals surface area contributed by atoms with E-state index in [1.807, 2.05) is 14.1 Å². The van der Waals surface area contributed by atoms with Gasteiger partial charge in [0.1, 0.15) is 0 Å². The van der Waals surface area contributed by atoms with Crippen molar-refractivity contribution in [2.75, 3.05) is 14.1 Å². The highest BCUT2D eigenvalue weighted by Gasteiger charge is 2.38. The molecule has 2 saturated carbocycles. The van der Waals surface area contributed by atoms with Crippen LogP contribution in [0.1, 0.15) is 38.5 Å². The van der Waals surface area contributed by atoms with Gasteiger partial charge in [0.15, 0.2) is 0 Å². The largest absolute Gasteiger partial charge is 0.331 e. The van der Waals surface area contributed by atoms with E-state index in [4.69, 9.17) is 0 Å². The average molecular weight is 196 g/mol. The fraction of sp³-hybridized carbons (Fsp3) is 0.909. The van der Waals surface area contributed by atoms with Gasteiger partial charge in [-0.3, -0.25) is 0 Å². The lowest BCUT2D eigenvalue weighted by atomic mass is 10.2. The number of rotatable bonds is 2. The van der Waals surface area contributed by atoms with Gasteiger partial charge in [-0.15, -0.1) is 0 Å². The van der Waals surface area contributed by atoms with Gasteiger partial charge in [-0.1, -0.05) is 12.8 Å². The van der Waals surface area contributed by atoms with Gasteiger partial charge in [0.25, 0.3) is 0 Å². The Bertz CT molecular complexity index is 217. The second kappa shape index (κ2) is 3.79. The third-order valence-corrected chi connectivity index (χ3v) is 3.26. The molecule has 3 heteroatoms. The van der Waals surface area contributed by atoms with Gasteiger partial charge in [-0.05, 0) is 25.7 Å². The van der Waals surface area contributed by atoms with Crippen molar-refractivity contribution in [2.24, 2.45) is 0 Å². The highest BCUT2D eigenvalue weighted by Crippen LogP contribution is 2.34. The normalized spacial score (nSPS) is 22.4. The summed E-state index contributed by atoms with van der Waals surface area (Å²) in [6.45, 7) is 0. The minimum Gasteiger partial charge on any atom is -0.331 e. The summed E-state index contributed by atoms with van der Waals surface area (Å²) in [6, 6.07) is 1.32. The monoisotopic (exact) mass is 196 g/mol. The van der Waals surface area contributed by atoms with Crippen molar-refractivity contribution in [3.05, 3.63) is 0 Å². The van der Waals surface area contributed by atoms with Crippen molar-refractivity contribution in [2.45, 2.75) is 50.6 Å². The lowest BCUT2D eigenvalue weighted by molar-refractivity contribution is 0.145. The number of hydrogen-bond acceptors (Lipinski definition) is 1. The number of amides is 2. The van der Waals surface area contributed by atoms with E-state index < -0.39 is 0 Å². The second-order valence-electron chi connectivity index (χ2n) is 4.75. The zero-order valence-corrected chi connectivity index (χ0v) is 9.20. The quantitative estimate of drug-likeness (QED) is 0.663. The number of nitrogens with zero attached hydrogens (tertiary/aromatic N) is 2. The van der Waals surface area contributed by atoms with E-state index >= 15 is 0 Å². The Morgan fingerprint density at radius 3 is 1.93 bits per heavy atom. The highest BCUT2D eigenvalue weighted by atomic mass is 16.2. The van der Waals surface area contributed by atoms with Crippen LogP contribution >= 0.6 is 0 Å². The molecule has 0 heterocycles. The third kappa shape index (κ3) is 1.86. The number of carbonyl (C=O) groups is 1. The van der Waals surface area contributed by atoms with Gasteiger partial charge in [-0.25, -0.2) is 4.79 Å². The molecule has 14 heavy (non-hydrogen) atoms. The molecule has 0 radical (unpaired) electrons. The number of urea groups is 1. The van der Waals surface area contributed by atoms with Crippen LogP contribution in [0.2, 0.25) is 0 Å². The molecular formula is C11H20N2O. The minimum absolute atomic E-state index is 0.222. The lowest BCUT2D eigenvalue weighted by Gasteiger charge is -2.31. The zero-order valence-electron chi connectivity index (χ0n) is 9.20. The summed E-state index contributed by atoms with van der Waals surface area (Å²) in [5.41, 5.74) is 0. The molecule has 0 bridgehead atoms. The van der Waals surface area contributed by atoms with Crippen molar-refractivity contribution in [3.63, 3.8) is 0 Å². The van der Waals surface area contributed by atoms with Crippen molar-refractivity contribution in [3.8, 4) is 0 Å². The Labute approximate surface area is 86.1 Å². The van der Waals surface area contributed by atoms with Crippen LogP contribution in [0.4, 0.5) is 4.79 Å². The molecule has 0 aromatic rings. The van der Waals surface area contributed by atoms with Crippen molar-refractivity contribution >= 4 is 6.03 Å². The van der Waals surface area contributed by atoms with E-state index in [2.05, 4.69) is 4.90 Å². The molecule has 0 aliphatic heterocycles. The van der Waals surface area contributed by atoms with Gasteiger partial charge in [0, 0.05) is 26.2 Å². The molecule has 0 aromatic heterocycles. The molecule has 80 valence electrons. The first-order valence-electron chi connectivity index (χ1n) is 5.70. The highest BCUT2D eigenvalue weighted by molar-refractivity contribution is 5.75. The molecule has 0 unspecified atom stereocenters. The summed E-state index contributed by atoms with van der Waals surface area (Å²) >= 11 is 0. The average Bonchev–Trinajstić information content (AvgIpc) is 2.81. The van der Waals surface area contributed by atoms with Gasteiger partial charge in [0.2, 0.25) is 0 Å². The number of carbonyl (C=O) groups excluding carboxylic acids is 1. The van der Waals surface area contributed by atoms with Crippen molar-refractivity contribution in [1.82, 2.24) is 9.80 Å². The first-order valence-corrected chi connectivity index (χ1v) is 5.70. The van der Waals surface area contributed by atoms with Gasteiger partial charge in [0.05, 0.1) is 0 Å². The van der Waals surface area contributed by atoms with E-state index in [9.17, 15) is 4.79 Å². The molecule has 0 aromatic carbocycles. The summed E-state index contributed by atoms with van der Waals surface area (Å²) in [5, 5.41) is 0. The van der Waals surface area contributed by atoms with Crippen molar-refractivity contribution in [1.29, 1.82) is 0 Å². The van der Waals surface area contributed by atoms with E-state index in [1.165, 1.54) is 38.5 Å². The maximum atomic E-state index is 12.0. The minimum atomic E-state index is 0.222. The third-order valence-electron chi connectivity index (χ3n) is 3.26. The predicted molar refractivity (Wildman–Crippen MR) is 56.2 cm³/mol. The van der Waals surface area contributed by atoms with E-state index in [0.29, 0.717) is 12.1 Å². The van der Waals surface area contributed by atoms with Crippen molar-refractivity contribution < 1.29 is 4.79 Å². The van der Waals surface area contributed by atoms with Crippen LogP contribution in [-0.2, 0) is 0 Å². The molecule has 0 saturated heterocycles. The standard InChI is InChI=1S/C11H20N2O/c1-12(2)11(14)13(10-7-8-10)9-5-3-4-6-9/h9-10H,3-8H2,1-2H3. The smallest absolute Gasteiger partial charge is 0.319 e. The predicted octanol–water partition coefficient (Wildman–Crippen LogP) is 2.08. The summed E-state index contributed by atoms with van der Waals surface area (Å²) in [4.78, 5) is 15.8. The van der Waals surface area contributed by atoms with Gasteiger partial charge < -0.3 is 9.80 Å². The molecule has 2 rings (SSSR count). The van der Waals surface area contributed by atoms with Gasteiger partial charge in [-0.2, -0.15) is 0 Å². The van der Waals surface area contributed by atoms with E-state index in [-0.39, 0.29) is 6.03 Å². The lowest BCUT2D eigenvalue weighted by Crippen LogP contribution is -2.45. The fourth-order valence-electron chi connectivity index (χ4n) is 2.38. The Hall–Kier alpha value is -0.730. The van der Waals surface area contributed by atoms with Crippen LogP contribution in [0.3, 0.4) is 0 Å². The van der Waals surface area contributed by atoms with Crippen LogP contribution in [0.5, 0.6) is 0 Å². The van der Waals surface area contributed by atoms with Crippen LogP contribution in [0.25, 0.3) is 0 Å². The molecule has 0 N–H and O–H groups in total. The van der Waals surface area contributed by atoms with Gasteiger partial charge >= 0.3 is 6.03 Å². The number of hydrogen-bond donors (Lipinski definition) is 0. The maximum Gasteiger partial charge on any atom is 0.319 e. The van der Waals surface area contributed by atoms with Crippen LogP contribution in [-0.4, -0.2) is 42.0 Å². The first-order chi connectivity index (χ1) is 6.70. The topological polar surface area (TPSA) is 23.6 Å². The first kappa shape index (κ1) is 9.81. The Morgan fingerprint density at radius 1 is 1.00 bits per heavy atom. The Morgan fingerprint density at radius 2 is 1.50 bits per heavy atom. The summed E-state index contributed by atoms with van der Waals surface area (Å²) in [7, 11) is 3.71. The molecule has 3 nitrogen and oxygen atoms in total. The summed E-state index contributed by atoms with van der Waals surface area (Å²) in [5.74, 6) is 0. The molecular weight excluding hydrogens is 176 g/mol. The maximum absolute atomic E-state index is 12.0. The Balaban J connectivity index is 2.02. The molecule has 2 aliphatic carbocycles. The fourth-order valence-corrected chi connectivity index (χ4v) is 2.38. The molecule has 2 fully saturated rings. The summed E-state index contributed by atoms with van der Waals surface area (Å²) in [6.07, 6.45) is 7.47. The van der Waals surface area contributed by atoms with Crippen LogP contribution in [0.15, 0.2) is 0 Å². The van der Waals surface area contributed by atoms with E-state index in [1.54, 1.807) is 4.90 Å².